The van der Waals surface area contributed by atoms with Crippen molar-refractivity contribution in [2.24, 2.45) is 0 Å². The monoisotopic (exact) mass is 348 g/mol. The molecule has 1 amide bonds. The van der Waals surface area contributed by atoms with E-state index in [1.165, 1.54) is 4.90 Å². The van der Waals surface area contributed by atoms with Crippen LogP contribution in [0.4, 0.5) is 5.69 Å². The number of nitrogens with zero attached hydrogens (tertiary/aromatic N) is 2. The molecule has 25 heavy (non-hydrogen) atoms. The minimum Gasteiger partial charge on any atom is -0.506 e. The lowest BCUT2D eigenvalue weighted by Crippen LogP contribution is -3.19. The molecule has 2 saturated heterocycles. The highest BCUT2D eigenvalue weighted by Crippen LogP contribution is 2.25. The van der Waals surface area contributed by atoms with E-state index in [0.717, 1.165) is 64.6 Å². The SMILES string of the molecule is CC[NH+]1CCN(C(=O)[C@@H](C)[NH+]2CCN(c3ccccc3O)CC2)CC1. The summed E-state index contributed by atoms with van der Waals surface area (Å²) < 4.78 is 0. The Bertz CT molecular complexity index is 579. The van der Waals surface area contributed by atoms with Crippen molar-refractivity contribution in [2.75, 3.05) is 63.8 Å². The molecule has 3 rings (SSSR count). The van der Waals surface area contributed by atoms with E-state index in [0.29, 0.717) is 11.7 Å². The molecule has 1 aromatic rings. The molecule has 2 aliphatic heterocycles. The van der Waals surface area contributed by atoms with Crippen molar-refractivity contribution in [1.29, 1.82) is 0 Å². The van der Waals surface area contributed by atoms with Crippen molar-refractivity contribution in [3.8, 4) is 5.75 Å². The zero-order chi connectivity index (χ0) is 17.8. The first kappa shape index (κ1) is 18.0. The van der Waals surface area contributed by atoms with Gasteiger partial charge in [0, 0.05) is 0 Å². The molecule has 0 bridgehead atoms. The molecule has 138 valence electrons. The largest absolute Gasteiger partial charge is 0.506 e. The lowest BCUT2D eigenvalue weighted by Gasteiger charge is -2.38. The maximum Gasteiger partial charge on any atom is 0.280 e. The van der Waals surface area contributed by atoms with Gasteiger partial charge in [-0.05, 0) is 26.0 Å². The quantitative estimate of drug-likeness (QED) is 0.604. The Hall–Kier alpha value is -1.79. The molecule has 0 spiro atoms. The topological polar surface area (TPSA) is 52.7 Å². The van der Waals surface area contributed by atoms with Crippen LogP contribution in [0.25, 0.3) is 0 Å². The van der Waals surface area contributed by atoms with Crippen molar-refractivity contribution in [1.82, 2.24) is 4.90 Å². The van der Waals surface area contributed by atoms with Crippen LogP contribution in [0.15, 0.2) is 24.3 Å². The van der Waals surface area contributed by atoms with E-state index in [1.54, 1.807) is 11.0 Å². The number of amides is 1. The second-order valence-corrected chi connectivity index (χ2v) is 7.28. The van der Waals surface area contributed by atoms with Gasteiger partial charge in [0.2, 0.25) is 0 Å². The van der Waals surface area contributed by atoms with Crippen molar-refractivity contribution in [3.05, 3.63) is 24.3 Å². The third kappa shape index (κ3) is 4.07. The van der Waals surface area contributed by atoms with E-state index >= 15 is 0 Å². The van der Waals surface area contributed by atoms with E-state index in [4.69, 9.17) is 0 Å². The van der Waals surface area contributed by atoms with Crippen molar-refractivity contribution >= 4 is 11.6 Å². The maximum absolute atomic E-state index is 12.8. The highest BCUT2D eigenvalue weighted by molar-refractivity contribution is 5.80. The summed E-state index contributed by atoms with van der Waals surface area (Å²) in [6.45, 7) is 13.0. The van der Waals surface area contributed by atoms with Crippen LogP contribution in [0.2, 0.25) is 0 Å². The van der Waals surface area contributed by atoms with Crippen LogP contribution in [-0.2, 0) is 4.79 Å². The normalized spacial score (nSPS) is 21.4. The van der Waals surface area contributed by atoms with Gasteiger partial charge in [0.25, 0.3) is 5.91 Å². The fourth-order valence-electron chi connectivity index (χ4n) is 4.04. The molecule has 0 radical (unpaired) electrons. The number of hydrogen-bond donors (Lipinski definition) is 3. The average Bonchev–Trinajstić information content (AvgIpc) is 2.67. The van der Waals surface area contributed by atoms with Crippen LogP contribution < -0.4 is 14.7 Å². The first-order valence-electron chi connectivity index (χ1n) is 9.60. The van der Waals surface area contributed by atoms with Crippen molar-refractivity contribution < 1.29 is 19.7 Å². The first-order chi connectivity index (χ1) is 12.1. The van der Waals surface area contributed by atoms with Gasteiger partial charge in [-0.1, -0.05) is 12.1 Å². The predicted molar refractivity (Wildman–Crippen MR) is 98.3 cm³/mol. The lowest BCUT2D eigenvalue weighted by molar-refractivity contribution is -0.915. The summed E-state index contributed by atoms with van der Waals surface area (Å²) >= 11 is 0. The number of piperazine rings is 2. The number of aromatic hydroxyl groups is 1. The van der Waals surface area contributed by atoms with Gasteiger partial charge in [0.15, 0.2) is 6.04 Å². The fraction of sp³-hybridized carbons (Fsp3) is 0.632. The number of benzene rings is 1. The van der Waals surface area contributed by atoms with Gasteiger partial charge < -0.3 is 24.7 Å². The summed E-state index contributed by atoms with van der Waals surface area (Å²) in [7, 11) is 0. The fourth-order valence-corrected chi connectivity index (χ4v) is 4.04. The van der Waals surface area contributed by atoms with Crippen LogP contribution >= 0.6 is 0 Å². The molecule has 6 heteroatoms. The summed E-state index contributed by atoms with van der Waals surface area (Å²) in [6, 6.07) is 7.53. The third-order valence-corrected chi connectivity index (χ3v) is 5.89. The Morgan fingerprint density at radius 3 is 2.36 bits per heavy atom. The van der Waals surface area contributed by atoms with E-state index in [-0.39, 0.29) is 6.04 Å². The number of para-hydroxylation sites is 2. The summed E-state index contributed by atoms with van der Waals surface area (Å²) in [5.74, 6) is 0.646. The summed E-state index contributed by atoms with van der Waals surface area (Å²) in [4.78, 5) is 20.1. The zero-order valence-electron chi connectivity index (χ0n) is 15.5. The number of anilines is 1. The highest BCUT2D eigenvalue weighted by atomic mass is 16.3. The number of carbonyl (C=O) groups excluding carboxylic acids is 1. The number of quaternary nitrogens is 2. The van der Waals surface area contributed by atoms with E-state index in [2.05, 4.69) is 23.6 Å². The lowest BCUT2D eigenvalue weighted by atomic mass is 10.1. The van der Waals surface area contributed by atoms with Gasteiger partial charge in [0.05, 0.1) is 64.6 Å². The number of hydrogen-bond acceptors (Lipinski definition) is 3. The number of rotatable bonds is 4. The molecule has 6 nitrogen and oxygen atoms in total. The van der Waals surface area contributed by atoms with Gasteiger partial charge in [-0.15, -0.1) is 0 Å². The second kappa shape index (κ2) is 8.06. The maximum atomic E-state index is 12.8. The zero-order valence-corrected chi connectivity index (χ0v) is 15.5. The molecule has 2 aliphatic rings. The van der Waals surface area contributed by atoms with Crippen molar-refractivity contribution in [3.63, 3.8) is 0 Å². The Morgan fingerprint density at radius 1 is 1.12 bits per heavy atom. The molecule has 0 aromatic heterocycles. The van der Waals surface area contributed by atoms with Gasteiger partial charge in [-0.3, -0.25) is 4.79 Å². The molecule has 0 saturated carbocycles. The molecule has 2 heterocycles. The molecule has 1 aromatic carbocycles. The Morgan fingerprint density at radius 2 is 1.76 bits per heavy atom. The van der Waals surface area contributed by atoms with Crippen LogP contribution in [-0.4, -0.2) is 80.9 Å². The Kier molecular flexibility index (Phi) is 5.81. The summed E-state index contributed by atoms with van der Waals surface area (Å²) in [6.07, 6.45) is 0. The standard InChI is InChI=1S/C19H30N4O2/c1-3-20-8-10-23(11-9-20)19(25)16(2)21-12-14-22(15-13-21)17-6-4-5-7-18(17)24/h4-7,16,24H,3,8-15H2,1-2H3/p+2/t16-/m1/s1. The number of phenols is 1. The van der Waals surface area contributed by atoms with Crippen molar-refractivity contribution in [2.45, 2.75) is 19.9 Å². The number of nitrogens with one attached hydrogen (secondary N) is 2. The molecule has 1 atom stereocenters. The van der Waals surface area contributed by atoms with Crippen LogP contribution in [0.5, 0.6) is 5.75 Å². The van der Waals surface area contributed by atoms with Gasteiger partial charge >= 0.3 is 0 Å². The number of carbonyl (C=O) groups is 1. The molecular formula is C19H32N4O2+2. The molecule has 0 unspecified atom stereocenters. The second-order valence-electron chi connectivity index (χ2n) is 7.28. The smallest absolute Gasteiger partial charge is 0.280 e. The van der Waals surface area contributed by atoms with E-state index in [1.807, 2.05) is 18.2 Å². The van der Waals surface area contributed by atoms with Crippen LogP contribution in [0.1, 0.15) is 13.8 Å². The van der Waals surface area contributed by atoms with Crippen LogP contribution in [0, 0.1) is 0 Å². The molecular weight excluding hydrogens is 316 g/mol. The molecule has 0 aliphatic carbocycles. The summed E-state index contributed by atoms with van der Waals surface area (Å²) in [5, 5.41) is 10.0. The summed E-state index contributed by atoms with van der Waals surface area (Å²) in [5.41, 5.74) is 0.902. The first-order valence-corrected chi connectivity index (χ1v) is 9.60. The van der Waals surface area contributed by atoms with Gasteiger partial charge in [0.1, 0.15) is 5.75 Å². The third-order valence-electron chi connectivity index (χ3n) is 5.89. The minimum atomic E-state index is 0.0229. The average molecular weight is 348 g/mol. The van der Waals surface area contributed by atoms with Crippen LogP contribution in [0.3, 0.4) is 0 Å². The Balaban J connectivity index is 1.52. The molecule has 2 fully saturated rings. The van der Waals surface area contributed by atoms with Gasteiger partial charge in [-0.25, -0.2) is 0 Å². The minimum absolute atomic E-state index is 0.0229. The van der Waals surface area contributed by atoms with Gasteiger partial charge in [-0.2, -0.15) is 0 Å². The molecule has 3 N–H and O–H groups in total. The van der Waals surface area contributed by atoms with E-state index < -0.39 is 0 Å². The van der Waals surface area contributed by atoms with E-state index in [9.17, 15) is 9.90 Å². The number of phenolic OH excluding ortho intramolecular Hbond substituents is 1. The number of likely N-dealkylation sites (N-methyl/N-ethyl adjacent to an activating group) is 1. The highest BCUT2D eigenvalue weighted by Gasteiger charge is 2.34. The predicted octanol–water partition coefficient (Wildman–Crippen LogP) is -1.77. The Labute approximate surface area is 150 Å².